The van der Waals surface area contributed by atoms with Crippen LogP contribution in [-0.4, -0.2) is 16.1 Å². The van der Waals surface area contributed by atoms with Crippen molar-refractivity contribution in [2.24, 2.45) is 0 Å². The summed E-state index contributed by atoms with van der Waals surface area (Å²) in [4.78, 5) is 4.44. The summed E-state index contributed by atoms with van der Waals surface area (Å²) in [6.07, 6.45) is 5.79. The first-order valence-electron chi connectivity index (χ1n) is 7.22. The molecule has 0 amide bonds. The zero-order chi connectivity index (χ0) is 14.4. The fraction of sp³-hybridized carbons (Fsp3) is 0.438. The summed E-state index contributed by atoms with van der Waals surface area (Å²) in [6.45, 7) is 7.11. The lowest BCUT2D eigenvalue weighted by atomic mass is 10.1. The number of hydrogen-bond donors (Lipinski definition) is 1. The Labute approximate surface area is 126 Å². The molecule has 4 heteroatoms. The van der Waals surface area contributed by atoms with Crippen molar-refractivity contribution in [3.8, 4) is 0 Å². The van der Waals surface area contributed by atoms with Crippen molar-refractivity contribution in [2.45, 2.75) is 39.8 Å². The Hall–Kier alpha value is -1.32. The van der Waals surface area contributed by atoms with Crippen molar-refractivity contribution < 1.29 is 0 Å². The minimum atomic E-state index is 0.785. The summed E-state index contributed by atoms with van der Waals surface area (Å²) < 4.78 is 2.20. The van der Waals surface area contributed by atoms with Crippen molar-refractivity contribution in [3.63, 3.8) is 0 Å². The molecule has 1 aromatic carbocycles. The van der Waals surface area contributed by atoms with Crippen LogP contribution in [0, 0.1) is 0 Å². The summed E-state index contributed by atoms with van der Waals surface area (Å²) in [5.41, 5.74) is 2.35. The van der Waals surface area contributed by atoms with Crippen molar-refractivity contribution in [1.29, 1.82) is 0 Å². The minimum absolute atomic E-state index is 0.785. The molecule has 1 aromatic heterocycles. The van der Waals surface area contributed by atoms with E-state index in [0.29, 0.717) is 0 Å². The third-order valence-electron chi connectivity index (χ3n) is 3.31. The molecule has 2 aromatic rings. The van der Waals surface area contributed by atoms with Gasteiger partial charge in [0.1, 0.15) is 5.82 Å². The predicted octanol–water partition coefficient (Wildman–Crippen LogP) is 3.65. The predicted molar refractivity (Wildman–Crippen MR) is 84.2 cm³/mol. The van der Waals surface area contributed by atoms with Crippen LogP contribution >= 0.6 is 11.6 Å². The smallest absolute Gasteiger partial charge is 0.113 e. The highest BCUT2D eigenvalue weighted by Crippen LogP contribution is 2.21. The van der Waals surface area contributed by atoms with Gasteiger partial charge >= 0.3 is 0 Å². The van der Waals surface area contributed by atoms with Gasteiger partial charge in [-0.25, -0.2) is 4.98 Å². The quantitative estimate of drug-likeness (QED) is 0.844. The number of halogens is 1. The fourth-order valence-electron chi connectivity index (χ4n) is 2.24. The number of aromatic nitrogens is 2. The fourth-order valence-corrected chi connectivity index (χ4v) is 2.51. The first kappa shape index (κ1) is 15.1. The van der Waals surface area contributed by atoms with Crippen LogP contribution in [0.15, 0.2) is 30.6 Å². The lowest BCUT2D eigenvalue weighted by Crippen LogP contribution is -2.11. The van der Waals surface area contributed by atoms with Gasteiger partial charge < -0.3 is 9.88 Å². The van der Waals surface area contributed by atoms with Crippen LogP contribution in [0.2, 0.25) is 5.02 Å². The zero-order valence-corrected chi connectivity index (χ0v) is 13.0. The molecule has 0 atom stereocenters. The van der Waals surface area contributed by atoms with Gasteiger partial charge in [-0.15, -0.1) is 0 Å². The van der Waals surface area contributed by atoms with Crippen LogP contribution in [0.1, 0.15) is 37.2 Å². The van der Waals surface area contributed by atoms with E-state index in [4.69, 9.17) is 11.6 Å². The summed E-state index contributed by atoms with van der Waals surface area (Å²) >= 11 is 6.39. The third kappa shape index (κ3) is 3.84. The Kier molecular flexibility index (Phi) is 5.62. The second-order valence-electron chi connectivity index (χ2n) is 4.92. The van der Waals surface area contributed by atoms with Gasteiger partial charge in [-0.3, -0.25) is 0 Å². The Morgan fingerprint density at radius 1 is 1.30 bits per heavy atom. The number of nitrogens with zero attached hydrogens (tertiary/aromatic N) is 2. The van der Waals surface area contributed by atoms with Crippen molar-refractivity contribution in [1.82, 2.24) is 14.9 Å². The molecule has 0 spiro atoms. The maximum absolute atomic E-state index is 6.39. The first-order valence-corrected chi connectivity index (χ1v) is 7.60. The van der Waals surface area contributed by atoms with Gasteiger partial charge in [-0.1, -0.05) is 37.6 Å². The number of benzene rings is 1. The van der Waals surface area contributed by atoms with Gasteiger partial charge in [0.05, 0.1) is 0 Å². The van der Waals surface area contributed by atoms with E-state index in [1.54, 1.807) is 0 Å². The summed E-state index contributed by atoms with van der Waals surface area (Å²) in [7, 11) is 0. The Bertz CT molecular complexity index is 548. The molecule has 0 bridgehead atoms. The molecule has 108 valence electrons. The van der Waals surface area contributed by atoms with E-state index in [9.17, 15) is 0 Å². The first-order chi connectivity index (χ1) is 9.74. The molecule has 3 nitrogen and oxygen atoms in total. The second kappa shape index (κ2) is 7.46. The Morgan fingerprint density at radius 2 is 2.15 bits per heavy atom. The molecule has 0 saturated heterocycles. The van der Waals surface area contributed by atoms with Gasteiger partial charge in [0.2, 0.25) is 0 Å². The Morgan fingerprint density at radius 3 is 2.85 bits per heavy atom. The lowest BCUT2D eigenvalue weighted by Gasteiger charge is -2.09. The van der Waals surface area contributed by atoms with Gasteiger partial charge in [0.25, 0.3) is 0 Å². The molecule has 0 radical (unpaired) electrons. The van der Waals surface area contributed by atoms with Crippen molar-refractivity contribution in [2.75, 3.05) is 6.54 Å². The topological polar surface area (TPSA) is 29.9 Å². The number of hydrogen-bond acceptors (Lipinski definition) is 2. The highest BCUT2D eigenvalue weighted by atomic mass is 35.5. The highest BCUT2D eigenvalue weighted by molar-refractivity contribution is 6.31. The monoisotopic (exact) mass is 291 g/mol. The number of rotatable bonds is 7. The second-order valence-corrected chi connectivity index (χ2v) is 5.33. The molecule has 0 fully saturated rings. The molecule has 0 aliphatic rings. The Balaban J connectivity index is 2.11. The maximum Gasteiger partial charge on any atom is 0.113 e. The molecule has 1 heterocycles. The van der Waals surface area contributed by atoms with Crippen molar-refractivity contribution in [3.05, 3.63) is 52.6 Å². The van der Waals surface area contributed by atoms with Crippen LogP contribution in [0.5, 0.6) is 0 Å². The lowest BCUT2D eigenvalue weighted by molar-refractivity contribution is 0.647. The van der Waals surface area contributed by atoms with Gasteiger partial charge in [-0.05, 0) is 30.2 Å². The SMILES string of the molecule is CCCn1ccnc1Cc1ccc(CNCC)cc1Cl. The number of nitrogens with one attached hydrogen (secondary N) is 1. The van der Waals surface area contributed by atoms with Crippen LogP contribution in [0.3, 0.4) is 0 Å². The van der Waals surface area contributed by atoms with E-state index in [1.807, 2.05) is 18.5 Å². The van der Waals surface area contributed by atoms with E-state index < -0.39 is 0 Å². The molecule has 0 aliphatic carbocycles. The third-order valence-corrected chi connectivity index (χ3v) is 3.66. The molecule has 2 rings (SSSR count). The number of aryl methyl sites for hydroxylation is 1. The van der Waals surface area contributed by atoms with E-state index in [1.165, 1.54) is 5.56 Å². The van der Waals surface area contributed by atoms with Crippen LogP contribution in [-0.2, 0) is 19.5 Å². The van der Waals surface area contributed by atoms with Crippen LogP contribution < -0.4 is 5.32 Å². The molecule has 1 N–H and O–H groups in total. The summed E-state index contributed by atoms with van der Waals surface area (Å²) in [5.74, 6) is 1.08. The molecule has 20 heavy (non-hydrogen) atoms. The van der Waals surface area contributed by atoms with Gasteiger partial charge in [0.15, 0.2) is 0 Å². The standard InChI is InChI=1S/C16H22ClN3/c1-3-8-20-9-7-19-16(20)11-14-6-5-13(10-15(14)17)12-18-4-2/h5-7,9-10,18H,3-4,8,11-12H2,1-2H3. The normalized spacial score (nSPS) is 10.9. The van der Waals surface area contributed by atoms with Gasteiger partial charge in [-0.2, -0.15) is 0 Å². The maximum atomic E-state index is 6.39. The molecule has 0 saturated carbocycles. The van der Waals surface area contributed by atoms with Crippen molar-refractivity contribution >= 4 is 11.6 Å². The van der Waals surface area contributed by atoms with E-state index in [-0.39, 0.29) is 0 Å². The van der Waals surface area contributed by atoms with E-state index in [0.717, 1.165) is 48.9 Å². The highest BCUT2D eigenvalue weighted by Gasteiger charge is 2.07. The summed E-state index contributed by atoms with van der Waals surface area (Å²) in [5, 5.41) is 4.13. The molecular weight excluding hydrogens is 270 g/mol. The molecule has 0 aliphatic heterocycles. The summed E-state index contributed by atoms with van der Waals surface area (Å²) in [6, 6.07) is 6.30. The average Bonchev–Trinajstić information content (AvgIpc) is 2.87. The molecular formula is C16H22ClN3. The van der Waals surface area contributed by atoms with E-state index >= 15 is 0 Å². The average molecular weight is 292 g/mol. The van der Waals surface area contributed by atoms with Crippen LogP contribution in [0.4, 0.5) is 0 Å². The zero-order valence-electron chi connectivity index (χ0n) is 12.2. The molecule has 0 unspecified atom stereocenters. The van der Waals surface area contributed by atoms with E-state index in [2.05, 4.69) is 40.8 Å². The minimum Gasteiger partial charge on any atom is -0.335 e. The number of imidazole rings is 1. The largest absolute Gasteiger partial charge is 0.335 e. The van der Waals surface area contributed by atoms with Crippen LogP contribution in [0.25, 0.3) is 0 Å². The van der Waals surface area contributed by atoms with Gasteiger partial charge in [0, 0.05) is 36.9 Å².